The molecular weight excluding hydrogens is 347 g/mol. The normalized spacial score (nSPS) is 15.4. The number of anilines is 1. The van der Waals surface area contributed by atoms with Crippen LogP contribution in [0.5, 0.6) is 5.75 Å². The molecule has 25 heavy (non-hydrogen) atoms. The first-order chi connectivity index (χ1) is 11.9. The van der Waals surface area contributed by atoms with Gasteiger partial charge >= 0.3 is 0 Å². The lowest BCUT2D eigenvalue weighted by Gasteiger charge is -2.15. The monoisotopic (exact) mass is 364 g/mol. The molecular formula is C16H17FN4O3S. The SMILES string of the molecule is CC(C#N)Oc1cc(F)ccc1NS(=O)(=O)c1ccnn1CC1CC1. The third kappa shape index (κ3) is 4.09. The van der Waals surface area contributed by atoms with E-state index in [1.807, 2.05) is 6.07 Å². The van der Waals surface area contributed by atoms with Gasteiger partial charge in [0.1, 0.15) is 17.6 Å². The molecule has 1 saturated carbocycles. The number of rotatable bonds is 7. The maximum atomic E-state index is 13.5. The first-order valence-electron chi connectivity index (χ1n) is 7.79. The molecule has 3 rings (SSSR count). The van der Waals surface area contributed by atoms with E-state index in [2.05, 4.69) is 9.82 Å². The average molecular weight is 364 g/mol. The van der Waals surface area contributed by atoms with E-state index in [1.54, 1.807) is 0 Å². The van der Waals surface area contributed by atoms with Crippen LogP contribution in [0.1, 0.15) is 19.8 Å². The van der Waals surface area contributed by atoms with E-state index in [0.29, 0.717) is 12.5 Å². The van der Waals surface area contributed by atoms with Crippen LogP contribution in [0, 0.1) is 23.1 Å². The van der Waals surface area contributed by atoms with Crippen molar-refractivity contribution in [3.8, 4) is 11.8 Å². The van der Waals surface area contributed by atoms with Crippen LogP contribution in [-0.2, 0) is 16.6 Å². The van der Waals surface area contributed by atoms with Crippen molar-refractivity contribution in [1.29, 1.82) is 5.26 Å². The maximum absolute atomic E-state index is 13.5. The Morgan fingerprint density at radius 1 is 1.48 bits per heavy atom. The van der Waals surface area contributed by atoms with Gasteiger partial charge in [0.15, 0.2) is 11.1 Å². The number of hydrogen-bond donors (Lipinski definition) is 1. The van der Waals surface area contributed by atoms with Crippen LogP contribution in [0.15, 0.2) is 35.5 Å². The van der Waals surface area contributed by atoms with Gasteiger partial charge in [0.25, 0.3) is 10.0 Å². The Labute approximate surface area is 145 Å². The molecule has 1 atom stereocenters. The van der Waals surface area contributed by atoms with Crippen molar-refractivity contribution in [2.75, 3.05) is 4.72 Å². The zero-order chi connectivity index (χ0) is 18.0. The van der Waals surface area contributed by atoms with E-state index in [0.717, 1.165) is 25.0 Å². The number of sulfonamides is 1. The molecule has 2 aromatic rings. The van der Waals surface area contributed by atoms with Crippen molar-refractivity contribution in [1.82, 2.24) is 9.78 Å². The number of hydrogen-bond acceptors (Lipinski definition) is 5. The highest BCUT2D eigenvalue weighted by Gasteiger charge is 2.27. The molecule has 0 amide bonds. The molecule has 9 heteroatoms. The van der Waals surface area contributed by atoms with E-state index >= 15 is 0 Å². The van der Waals surface area contributed by atoms with Crippen LogP contribution < -0.4 is 9.46 Å². The van der Waals surface area contributed by atoms with Gasteiger partial charge in [-0.2, -0.15) is 18.8 Å². The summed E-state index contributed by atoms with van der Waals surface area (Å²) in [5.41, 5.74) is 0.0580. The lowest BCUT2D eigenvalue weighted by Crippen LogP contribution is -2.20. The standard InChI is InChI=1S/C16H17FN4O3S/c1-11(9-18)24-15-8-13(17)4-5-14(15)20-25(22,23)16-6-7-19-21(16)10-12-2-3-12/h4-8,11-12,20H,2-3,10H2,1H3. The van der Waals surface area contributed by atoms with Crippen LogP contribution >= 0.6 is 0 Å². The lowest BCUT2D eigenvalue weighted by atomic mass is 10.3. The Balaban J connectivity index is 1.88. The van der Waals surface area contributed by atoms with Crippen molar-refractivity contribution in [2.45, 2.75) is 37.4 Å². The summed E-state index contributed by atoms with van der Waals surface area (Å²) in [4.78, 5) is 0. The molecule has 0 saturated heterocycles. The first-order valence-corrected chi connectivity index (χ1v) is 9.28. The van der Waals surface area contributed by atoms with Crippen LogP contribution in [0.4, 0.5) is 10.1 Å². The van der Waals surface area contributed by atoms with Gasteiger partial charge in [-0.3, -0.25) is 9.40 Å². The molecule has 0 spiro atoms. The predicted octanol–water partition coefficient (Wildman–Crippen LogP) is 2.52. The average Bonchev–Trinajstić information content (AvgIpc) is 3.24. The highest BCUT2D eigenvalue weighted by molar-refractivity contribution is 7.92. The number of nitrogens with zero attached hydrogens (tertiary/aromatic N) is 3. The van der Waals surface area contributed by atoms with E-state index < -0.39 is 21.9 Å². The largest absolute Gasteiger partial charge is 0.474 e. The molecule has 1 aromatic heterocycles. The van der Waals surface area contributed by atoms with Crippen molar-refractivity contribution in [3.63, 3.8) is 0 Å². The van der Waals surface area contributed by atoms with Crippen LogP contribution in [0.2, 0.25) is 0 Å². The molecule has 0 radical (unpaired) electrons. The fraction of sp³-hybridized carbons (Fsp3) is 0.375. The number of nitriles is 1. The summed E-state index contributed by atoms with van der Waals surface area (Å²) in [5.74, 6) is -0.192. The number of ether oxygens (including phenoxy) is 1. The van der Waals surface area contributed by atoms with Crippen molar-refractivity contribution in [3.05, 3.63) is 36.3 Å². The first kappa shape index (κ1) is 17.2. The summed E-state index contributed by atoms with van der Waals surface area (Å²) < 4.78 is 48.0. The van der Waals surface area contributed by atoms with E-state index in [1.165, 1.54) is 29.9 Å². The van der Waals surface area contributed by atoms with Crippen molar-refractivity contribution in [2.24, 2.45) is 5.92 Å². The predicted molar refractivity (Wildman–Crippen MR) is 87.9 cm³/mol. The van der Waals surface area contributed by atoms with E-state index in [4.69, 9.17) is 10.00 Å². The minimum atomic E-state index is -3.93. The number of aromatic nitrogens is 2. The summed E-state index contributed by atoms with van der Waals surface area (Å²) in [6.07, 6.45) is 2.70. The molecule has 132 valence electrons. The number of halogens is 1. The Morgan fingerprint density at radius 3 is 2.92 bits per heavy atom. The molecule has 1 N–H and O–H groups in total. The lowest BCUT2D eigenvalue weighted by molar-refractivity contribution is 0.277. The highest BCUT2D eigenvalue weighted by Crippen LogP contribution is 2.32. The molecule has 1 fully saturated rings. The molecule has 0 bridgehead atoms. The highest BCUT2D eigenvalue weighted by atomic mass is 32.2. The molecule has 1 aliphatic carbocycles. The van der Waals surface area contributed by atoms with Gasteiger partial charge in [-0.05, 0) is 43.9 Å². The van der Waals surface area contributed by atoms with Gasteiger partial charge in [0.2, 0.25) is 0 Å². The van der Waals surface area contributed by atoms with Gasteiger partial charge in [0.05, 0.1) is 11.9 Å². The topological polar surface area (TPSA) is 97.0 Å². The molecule has 1 aliphatic rings. The smallest absolute Gasteiger partial charge is 0.279 e. The molecule has 1 aromatic carbocycles. The zero-order valence-corrected chi connectivity index (χ0v) is 14.3. The second-order valence-electron chi connectivity index (χ2n) is 5.93. The molecule has 0 aliphatic heterocycles. The van der Waals surface area contributed by atoms with Gasteiger partial charge in [-0.1, -0.05) is 0 Å². The maximum Gasteiger partial charge on any atom is 0.279 e. The third-order valence-electron chi connectivity index (χ3n) is 3.75. The van der Waals surface area contributed by atoms with Crippen LogP contribution in [0.3, 0.4) is 0 Å². The van der Waals surface area contributed by atoms with E-state index in [-0.39, 0.29) is 16.5 Å². The second-order valence-corrected chi connectivity index (χ2v) is 7.56. The fourth-order valence-electron chi connectivity index (χ4n) is 2.32. The molecule has 1 heterocycles. The zero-order valence-electron chi connectivity index (χ0n) is 13.5. The van der Waals surface area contributed by atoms with E-state index in [9.17, 15) is 12.8 Å². The Kier molecular flexibility index (Phi) is 4.63. The Morgan fingerprint density at radius 2 is 2.24 bits per heavy atom. The van der Waals surface area contributed by atoms with Gasteiger partial charge in [-0.15, -0.1) is 0 Å². The number of benzene rings is 1. The minimum Gasteiger partial charge on any atom is -0.474 e. The second kappa shape index (κ2) is 6.72. The van der Waals surface area contributed by atoms with Crippen molar-refractivity contribution < 1.29 is 17.5 Å². The Hall–Kier alpha value is -2.60. The number of nitrogens with one attached hydrogen (secondary N) is 1. The summed E-state index contributed by atoms with van der Waals surface area (Å²) in [7, 11) is -3.93. The van der Waals surface area contributed by atoms with Crippen molar-refractivity contribution >= 4 is 15.7 Å². The summed E-state index contributed by atoms with van der Waals surface area (Å²) in [5, 5.41) is 12.9. The Bertz CT molecular complexity index is 916. The van der Waals surface area contributed by atoms with Gasteiger partial charge in [0, 0.05) is 12.6 Å². The van der Waals surface area contributed by atoms with Crippen LogP contribution in [-0.4, -0.2) is 24.3 Å². The summed E-state index contributed by atoms with van der Waals surface area (Å²) >= 11 is 0. The summed E-state index contributed by atoms with van der Waals surface area (Å²) in [6, 6.07) is 6.67. The molecule has 1 unspecified atom stereocenters. The quantitative estimate of drug-likeness (QED) is 0.814. The fourth-order valence-corrected chi connectivity index (χ4v) is 3.52. The van der Waals surface area contributed by atoms with Crippen LogP contribution in [0.25, 0.3) is 0 Å². The van der Waals surface area contributed by atoms with Gasteiger partial charge in [-0.25, -0.2) is 4.39 Å². The molecule has 7 nitrogen and oxygen atoms in total. The minimum absolute atomic E-state index is 0.0306. The third-order valence-corrected chi connectivity index (χ3v) is 5.14. The van der Waals surface area contributed by atoms with Gasteiger partial charge < -0.3 is 4.74 Å². The summed E-state index contributed by atoms with van der Waals surface area (Å²) in [6.45, 7) is 2.02.